The Kier molecular flexibility index (Phi) is 5.90. The van der Waals surface area contributed by atoms with E-state index in [4.69, 9.17) is 10.2 Å². The van der Waals surface area contributed by atoms with Gasteiger partial charge in [-0.1, -0.05) is 12.1 Å². The minimum absolute atomic E-state index is 0.222. The van der Waals surface area contributed by atoms with Gasteiger partial charge in [-0.15, -0.1) is 0 Å². The molecule has 0 saturated carbocycles. The van der Waals surface area contributed by atoms with Gasteiger partial charge in [0, 0.05) is 44.0 Å². The molecule has 1 N–H and O–H groups in total. The topological polar surface area (TPSA) is 90.6 Å². The molecule has 0 atom stereocenters. The van der Waals surface area contributed by atoms with E-state index in [2.05, 4.69) is 39.2 Å². The Morgan fingerprint density at radius 1 is 1.12 bits per heavy atom. The summed E-state index contributed by atoms with van der Waals surface area (Å²) in [7, 11) is 0. The van der Waals surface area contributed by atoms with Crippen LogP contribution in [0, 0.1) is 17.2 Å². The number of carbonyl (C=O) groups is 1. The molecule has 0 radical (unpaired) electrons. The van der Waals surface area contributed by atoms with Crippen LogP contribution in [0.2, 0.25) is 0 Å². The molecule has 0 aliphatic carbocycles. The second-order valence-corrected chi connectivity index (χ2v) is 8.69. The normalized spacial score (nSPS) is 14.5. The zero-order valence-corrected chi connectivity index (χ0v) is 18.4. The predicted octanol–water partition coefficient (Wildman–Crippen LogP) is 4.17. The molecule has 4 aromatic rings. The van der Waals surface area contributed by atoms with E-state index in [9.17, 15) is 4.79 Å². The van der Waals surface area contributed by atoms with Crippen molar-refractivity contribution in [3.8, 4) is 17.3 Å². The smallest absolute Gasteiger partial charge is 0.222 e. The molecular formula is C26H26N6O. The second kappa shape index (κ2) is 9.29. The Balaban J connectivity index is 1.14. The number of hydrogen-bond donors (Lipinski definition) is 1. The number of nitrogens with one attached hydrogen (secondary N) is 1. The number of benzene rings is 1. The van der Waals surface area contributed by atoms with E-state index in [0.29, 0.717) is 24.3 Å². The maximum Gasteiger partial charge on any atom is 0.222 e. The molecule has 1 aliphatic heterocycles. The van der Waals surface area contributed by atoms with Crippen LogP contribution in [0.5, 0.6) is 0 Å². The van der Waals surface area contributed by atoms with Gasteiger partial charge in [-0.3, -0.25) is 9.89 Å². The van der Waals surface area contributed by atoms with Gasteiger partial charge in [0.25, 0.3) is 0 Å². The summed E-state index contributed by atoms with van der Waals surface area (Å²) in [6.45, 7) is 2.58. The number of aryl methyl sites for hydroxylation is 1. The number of piperidine rings is 1. The Morgan fingerprint density at radius 2 is 1.94 bits per heavy atom. The zero-order chi connectivity index (χ0) is 22.6. The highest BCUT2D eigenvalue weighted by Crippen LogP contribution is 2.25. The molecule has 7 heteroatoms. The number of nitrogens with zero attached hydrogens (tertiary/aromatic N) is 5. The lowest BCUT2D eigenvalue weighted by atomic mass is 9.96. The minimum Gasteiger partial charge on any atom is -0.346 e. The van der Waals surface area contributed by atoms with Crippen LogP contribution >= 0.6 is 0 Å². The first-order valence-electron chi connectivity index (χ1n) is 11.4. The van der Waals surface area contributed by atoms with Crippen molar-refractivity contribution >= 4 is 16.9 Å². The van der Waals surface area contributed by atoms with E-state index in [1.165, 1.54) is 0 Å². The molecule has 7 nitrogen and oxygen atoms in total. The van der Waals surface area contributed by atoms with Gasteiger partial charge in [0.05, 0.1) is 34.6 Å². The molecule has 33 heavy (non-hydrogen) atoms. The standard InChI is InChI=1S/C26H26N6O/c27-15-20-3-1-19(2-4-20)5-8-26(33)31-12-9-21(10-13-31)18-32-14-11-24-25(32)7-6-23(30-24)22-16-28-29-17-22/h1-4,6-7,11,14,16-17,21H,5,8-10,12-13,18H2,(H,28,29). The summed E-state index contributed by atoms with van der Waals surface area (Å²) in [5.41, 5.74) is 5.79. The quantitative estimate of drug-likeness (QED) is 0.489. The average molecular weight is 439 g/mol. The fourth-order valence-corrected chi connectivity index (χ4v) is 4.58. The number of rotatable bonds is 6. The SMILES string of the molecule is N#Cc1ccc(CCC(=O)N2CCC(Cn3ccc4nc(-c5cn[nH]c5)ccc43)CC2)cc1. The average Bonchev–Trinajstić information content (AvgIpc) is 3.54. The molecule has 1 saturated heterocycles. The Bertz CT molecular complexity index is 1270. The number of nitriles is 1. The largest absolute Gasteiger partial charge is 0.346 e. The number of hydrogen-bond acceptors (Lipinski definition) is 4. The molecule has 166 valence electrons. The van der Waals surface area contributed by atoms with Gasteiger partial charge in [0.15, 0.2) is 0 Å². The van der Waals surface area contributed by atoms with Gasteiger partial charge < -0.3 is 9.47 Å². The van der Waals surface area contributed by atoms with Crippen LogP contribution in [0.25, 0.3) is 22.3 Å². The number of H-pyrrole nitrogens is 1. The van der Waals surface area contributed by atoms with E-state index in [1.807, 2.05) is 41.4 Å². The lowest BCUT2D eigenvalue weighted by molar-refractivity contribution is -0.132. The third-order valence-corrected chi connectivity index (χ3v) is 6.55. The highest BCUT2D eigenvalue weighted by molar-refractivity contribution is 5.79. The fraction of sp³-hybridized carbons (Fsp3) is 0.308. The Morgan fingerprint density at radius 3 is 2.67 bits per heavy atom. The lowest BCUT2D eigenvalue weighted by Gasteiger charge is -2.32. The van der Waals surface area contributed by atoms with Crippen molar-refractivity contribution in [2.75, 3.05) is 13.1 Å². The van der Waals surface area contributed by atoms with Gasteiger partial charge in [0.2, 0.25) is 5.91 Å². The summed E-state index contributed by atoms with van der Waals surface area (Å²) in [4.78, 5) is 19.5. The molecule has 1 fully saturated rings. The van der Waals surface area contributed by atoms with Crippen LogP contribution in [0.1, 0.15) is 30.4 Å². The van der Waals surface area contributed by atoms with Crippen LogP contribution in [-0.2, 0) is 17.8 Å². The number of fused-ring (bicyclic) bond motifs is 1. The van der Waals surface area contributed by atoms with E-state index in [1.54, 1.807) is 6.20 Å². The fourth-order valence-electron chi connectivity index (χ4n) is 4.58. The van der Waals surface area contributed by atoms with Crippen molar-refractivity contribution in [3.05, 3.63) is 72.2 Å². The number of carbonyl (C=O) groups excluding carboxylic acids is 1. The summed E-state index contributed by atoms with van der Waals surface area (Å²) in [6, 6.07) is 15.9. The van der Waals surface area contributed by atoms with Crippen LogP contribution < -0.4 is 0 Å². The first-order chi connectivity index (χ1) is 16.2. The summed E-state index contributed by atoms with van der Waals surface area (Å²) >= 11 is 0. The molecule has 1 aromatic carbocycles. The third-order valence-electron chi connectivity index (χ3n) is 6.55. The van der Waals surface area contributed by atoms with Crippen molar-refractivity contribution in [2.24, 2.45) is 5.92 Å². The predicted molar refractivity (Wildman–Crippen MR) is 126 cm³/mol. The van der Waals surface area contributed by atoms with Crippen LogP contribution in [0.4, 0.5) is 0 Å². The van der Waals surface area contributed by atoms with Gasteiger partial charge in [-0.25, -0.2) is 4.98 Å². The Hall–Kier alpha value is -3.92. The number of aromatic amines is 1. The molecule has 3 aromatic heterocycles. The van der Waals surface area contributed by atoms with Gasteiger partial charge in [0.1, 0.15) is 0 Å². The maximum absolute atomic E-state index is 12.7. The molecule has 0 spiro atoms. The first-order valence-corrected chi connectivity index (χ1v) is 11.4. The van der Waals surface area contributed by atoms with Crippen molar-refractivity contribution in [1.82, 2.24) is 24.6 Å². The monoisotopic (exact) mass is 438 g/mol. The van der Waals surface area contributed by atoms with E-state index >= 15 is 0 Å². The molecule has 0 unspecified atom stereocenters. The van der Waals surface area contributed by atoms with E-state index in [-0.39, 0.29) is 5.91 Å². The zero-order valence-electron chi connectivity index (χ0n) is 18.4. The van der Waals surface area contributed by atoms with E-state index < -0.39 is 0 Å². The van der Waals surface area contributed by atoms with Crippen LogP contribution in [-0.4, -0.2) is 43.6 Å². The molecular weight excluding hydrogens is 412 g/mol. The van der Waals surface area contributed by atoms with Crippen molar-refractivity contribution in [1.29, 1.82) is 5.26 Å². The van der Waals surface area contributed by atoms with E-state index in [0.717, 1.165) is 60.3 Å². The lowest BCUT2D eigenvalue weighted by Crippen LogP contribution is -2.39. The highest BCUT2D eigenvalue weighted by atomic mass is 16.2. The molecule has 5 rings (SSSR count). The summed E-state index contributed by atoms with van der Waals surface area (Å²) in [6.07, 6.45) is 9.02. The van der Waals surface area contributed by atoms with Gasteiger partial charge >= 0.3 is 0 Å². The maximum atomic E-state index is 12.7. The van der Waals surface area contributed by atoms with Crippen molar-refractivity contribution in [2.45, 2.75) is 32.2 Å². The second-order valence-electron chi connectivity index (χ2n) is 8.69. The number of amides is 1. The minimum atomic E-state index is 0.222. The summed E-state index contributed by atoms with van der Waals surface area (Å²) in [5.74, 6) is 0.775. The van der Waals surface area contributed by atoms with Crippen LogP contribution in [0.15, 0.2) is 61.1 Å². The molecule has 4 heterocycles. The van der Waals surface area contributed by atoms with Crippen molar-refractivity contribution < 1.29 is 4.79 Å². The highest BCUT2D eigenvalue weighted by Gasteiger charge is 2.23. The number of pyridine rings is 1. The van der Waals surface area contributed by atoms with Gasteiger partial charge in [-0.05, 0) is 61.1 Å². The summed E-state index contributed by atoms with van der Waals surface area (Å²) in [5, 5.41) is 15.7. The van der Waals surface area contributed by atoms with Crippen LogP contribution in [0.3, 0.4) is 0 Å². The first kappa shape index (κ1) is 21.0. The van der Waals surface area contributed by atoms with Gasteiger partial charge in [-0.2, -0.15) is 10.4 Å². The molecule has 0 bridgehead atoms. The Labute approximate surface area is 192 Å². The molecule has 1 amide bonds. The van der Waals surface area contributed by atoms with Crippen molar-refractivity contribution in [3.63, 3.8) is 0 Å². The number of likely N-dealkylation sites (tertiary alicyclic amines) is 1. The third kappa shape index (κ3) is 4.65. The summed E-state index contributed by atoms with van der Waals surface area (Å²) < 4.78 is 2.29. The molecule has 1 aliphatic rings. The number of aromatic nitrogens is 4.